The summed E-state index contributed by atoms with van der Waals surface area (Å²) in [6, 6.07) is 10.5. The highest BCUT2D eigenvalue weighted by Crippen LogP contribution is 2.33. The van der Waals surface area contributed by atoms with Gasteiger partial charge in [0.1, 0.15) is 0 Å². The van der Waals surface area contributed by atoms with Crippen molar-refractivity contribution in [3.8, 4) is 0 Å². The number of aryl methyl sites for hydroxylation is 1. The smallest absolute Gasteiger partial charge is 0.0991 e. The molecule has 2 heterocycles. The number of rotatable bonds is 4. The third-order valence-electron chi connectivity index (χ3n) is 5.03. The van der Waals surface area contributed by atoms with E-state index in [4.69, 9.17) is 0 Å². The van der Waals surface area contributed by atoms with Crippen LogP contribution in [0.5, 0.6) is 0 Å². The molecule has 0 amide bonds. The van der Waals surface area contributed by atoms with Gasteiger partial charge in [-0.25, -0.2) is 0 Å². The lowest BCUT2D eigenvalue weighted by Crippen LogP contribution is -2.53. The van der Waals surface area contributed by atoms with E-state index in [0.717, 1.165) is 32.1 Å². The van der Waals surface area contributed by atoms with Crippen molar-refractivity contribution in [2.75, 3.05) is 6.54 Å². The lowest BCUT2D eigenvalue weighted by molar-refractivity contribution is -0.0466. The average molecular weight is 291 g/mol. The number of aliphatic hydroxyl groups excluding tert-OH is 3. The van der Waals surface area contributed by atoms with Crippen LogP contribution in [0.3, 0.4) is 0 Å². The van der Waals surface area contributed by atoms with Crippen LogP contribution >= 0.6 is 0 Å². The zero-order valence-electron chi connectivity index (χ0n) is 12.3. The number of hydrogen-bond acceptors (Lipinski definition) is 4. The molecule has 5 atom stereocenters. The summed E-state index contributed by atoms with van der Waals surface area (Å²) < 4.78 is 0. The first kappa shape index (κ1) is 15.0. The summed E-state index contributed by atoms with van der Waals surface area (Å²) in [6.45, 7) is 0.485. The molecule has 3 N–H and O–H groups in total. The van der Waals surface area contributed by atoms with Crippen LogP contribution in [0.2, 0.25) is 0 Å². The SMILES string of the molecule is OC1CCC(CCCc2ccccc2)N2C[C@H](O)C(O)[C@@H]12. The van der Waals surface area contributed by atoms with E-state index in [1.807, 2.05) is 6.07 Å². The van der Waals surface area contributed by atoms with Crippen molar-refractivity contribution in [2.45, 2.75) is 62.5 Å². The minimum absolute atomic E-state index is 0.282. The second kappa shape index (κ2) is 6.44. The molecule has 3 unspecified atom stereocenters. The normalized spacial score (nSPS) is 36.6. The van der Waals surface area contributed by atoms with Crippen LogP contribution in [0.1, 0.15) is 31.2 Å². The van der Waals surface area contributed by atoms with Gasteiger partial charge in [0.2, 0.25) is 0 Å². The Kier molecular flexibility index (Phi) is 4.60. The molecule has 1 aromatic carbocycles. The van der Waals surface area contributed by atoms with Crippen LogP contribution in [-0.2, 0) is 6.42 Å². The van der Waals surface area contributed by atoms with E-state index in [-0.39, 0.29) is 6.04 Å². The van der Waals surface area contributed by atoms with Crippen molar-refractivity contribution in [3.05, 3.63) is 35.9 Å². The summed E-state index contributed by atoms with van der Waals surface area (Å²) in [7, 11) is 0. The maximum Gasteiger partial charge on any atom is 0.0991 e. The highest BCUT2D eigenvalue weighted by molar-refractivity contribution is 5.14. The van der Waals surface area contributed by atoms with Crippen LogP contribution in [0.25, 0.3) is 0 Å². The Morgan fingerprint density at radius 2 is 1.76 bits per heavy atom. The predicted octanol–water partition coefficient (Wildman–Crippen LogP) is 0.939. The number of piperidine rings is 1. The first-order chi connectivity index (χ1) is 10.2. The van der Waals surface area contributed by atoms with Gasteiger partial charge in [0.25, 0.3) is 0 Å². The quantitative estimate of drug-likeness (QED) is 0.772. The van der Waals surface area contributed by atoms with E-state index >= 15 is 0 Å². The first-order valence-electron chi connectivity index (χ1n) is 8.00. The van der Waals surface area contributed by atoms with Gasteiger partial charge >= 0.3 is 0 Å². The van der Waals surface area contributed by atoms with Gasteiger partial charge in [-0.3, -0.25) is 4.90 Å². The minimum atomic E-state index is -0.808. The largest absolute Gasteiger partial charge is 0.391 e. The summed E-state index contributed by atoms with van der Waals surface area (Å²) >= 11 is 0. The van der Waals surface area contributed by atoms with Gasteiger partial charge in [-0.15, -0.1) is 0 Å². The maximum absolute atomic E-state index is 10.1. The monoisotopic (exact) mass is 291 g/mol. The van der Waals surface area contributed by atoms with E-state index in [9.17, 15) is 15.3 Å². The molecule has 1 aromatic rings. The Balaban J connectivity index is 1.56. The molecule has 2 aliphatic rings. The van der Waals surface area contributed by atoms with Crippen molar-refractivity contribution in [3.63, 3.8) is 0 Å². The zero-order chi connectivity index (χ0) is 14.8. The highest BCUT2D eigenvalue weighted by atomic mass is 16.3. The van der Waals surface area contributed by atoms with Gasteiger partial charge < -0.3 is 15.3 Å². The number of benzene rings is 1. The molecule has 21 heavy (non-hydrogen) atoms. The van der Waals surface area contributed by atoms with Crippen LogP contribution in [-0.4, -0.2) is 57.2 Å². The Hall–Kier alpha value is -0.940. The summed E-state index contributed by atoms with van der Waals surface area (Å²) in [5, 5.41) is 30.0. The lowest BCUT2D eigenvalue weighted by Gasteiger charge is -2.41. The third-order valence-corrected chi connectivity index (χ3v) is 5.03. The van der Waals surface area contributed by atoms with Gasteiger partial charge in [0.15, 0.2) is 0 Å². The average Bonchev–Trinajstić information content (AvgIpc) is 2.79. The van der Waals surface area contributed by atoms with Crippen LogP contribution in [0, 0.1) is 0 Å². The zero-order valence-corrected chi connectivity index (χ0v) is 12.3. The first-order valence-corrected chi connectivity index (χ1v) is 8.00. The summed E-state index contributed by atoms with van der Waals surface area (Å²) in [5.74, 6) is 0. The fourth-order valence-electron chi connectivity index (χ4n) is 3.91. The Labute approximate surface area is 126 Å². The molecular formula is C17H25NO3. The molecule has 2 fully saturated rings. The fourth-order valence-corrected chi connectivity index (χ4v) is 3.91. The number of aliphatic hydroxyl groups is 3. The minimum Gasteiger partial charge on any atom is -0.391 e. The fraction of sp³-hybridized carbons (Fsp3) is 0.647. The number of hydrogen-bond donors (Lipinski definition) is 3. The molecule has 2 saturated heterocycles. The second-order valence-electron chi connectivity index (χ2n) is 6.42. The Morgan fingerprint density at radius 1 is 1.00 bits per heavy atom. The van der Waals surface area contributed by atoms with E-state index in [1.54, 1.807) is 0 Å². The molecule has 2 aliphatic heterocycles. The van der Waals surface area contributed by atoms with Crippen molar-refractivity contribution in [1.29, 1.82) is 0 Å². The lowest BCUT2D eigenvalue weighted by atomic mass is 9.89. The van der Waals surface area contributed by atoms with Crippen molar-refractivity contribution in [1.82, 2.24) is 4.90 Å². The van der Waals surface area contributed by atoms with E-state index in [2.05, 4.69) is 29.2 Å². The van der Waals surface area contributed by atoms with Gasteiger partial charge in [0.05, 0.1) is 24.4 Å². The summed E-state index contributed by atoms with van der Waals surface area (Å²) in [4.78, 5) is 2.13. The summed E-state index contributed by atoms with van der Waals surface area (Å²) in [5.41, 5.74) is 1.35. The van der Waals surface area contributed by atoms with Crippen LogP contribution < -0.4 is 0 Å². The molecule has 0 spiro atoms. The molecule has 0 radical (unpaired) electrons. The molecule has 0 aliphatic carbocycles. The van der Waals surface area contributed by atoms with Crippen molar-refractivity contribution >= 4 is 0 Å². The second-order valence-corrected chi connectivity index (χ2v) is 6.42. The molecule has 0 aromatic heterocycles. The van der Waals surface area contributed by atoms with Crippen molar-refractivity contribution in [2.24, 2.45) is 0 Å². The van der Waals surface area contributed by atoms with Crippen LogP contribution in [0.15, 0.2) is 30.3 Å². The van der Waals surface area contributed by atoms with Gasteiger partial charge in [-0.1, -0.05) is 30.3 Å². The van der Waals surface area contributed by atoms with Crippen LogP contribution in [0.4, 0.5) is 0 Å². The Morgan fingerprint density at radius 3 is 2.52 bits per heavy atom. The molecule has 4 heteroatoms. The van der Waals surface area contributed by atoms with Crippen molar-refractivity contribution < 1.29 is 15.3 Å². The predicted molar refractivity (Wildman–Crippen MR) is 80.9 cm³/mol. The molecule has 4 nitrogen and oxygen atoms in total. The summed E-state index contributed by atoms with van der Waals surface area (Å²) in [6.07, 6.45) is 2.84. The van der Waals surface area contributed by atoms with E-state index in [0.29, 0.717) is 12.6 Å². The van der Waals surface area contributed by atoms with E-state index < -0.39 is 18.3 Å². The molecule has 116 valence electrons. The third kappa shape index (κ3) is 3.14. The standard InChI is InChI=1S/C17H25NO3/c19-14-10-9-13(18-11-15(20)17(21)16(14)18)8-4-7-12-5-2-1-3-6-12/h1-3,5-6,13-17,19-21H,4,7-11H2/t13?,14?,15-,16+,17?/m0/s1. The van der Waals surface area contributed by atoms with Gasteiger partial charge in [-0.2, -0.15) is 0 Å². The van der Waals surface area contributed by atoms with Gasteiger partial charge in [0, 0.05) is 12.6 Å². The molecule has 0 bridgehead atoms. The Bertz CT molecular complexity index is 453. The molecular weight excluding hydrogens is 266 g/mol. The van der Waals surface area contributed by atoms with Gasteiger partial charge in [-0.05, 0) is 37.7 Å². The topological polar surface area (TPSA) is 63.9 Å². The number of nitrogens with zero attached hydrogens (tertiary/aromatic N) is 1. The van der Waals surface area contributed by atoms with E-state index in [1.165, 1.54) is 5.56 Å². The molecule has 3 rings (SSSR count). The maximum atomic E-state index is 10.1. The number of fused-ring (bicyclic) bond motifs is 1. The highest BCUT2D eigenvalue weighted by Gasteiger charge is 2.48. The molecule has 0 saturated carbocycles.